The summed E-state index contributed by atoms with van der Waals surface area (Å²) in [4.78, 5) is 12.7. The largest absolute Gasteiger partial charge is 0.479 e. The van der Waals surface area contributed by atoms with Gasteiger partial charge in [0.15, 0.2) is 0 Å². The van der Waals surface area contributed by atoms with Crippen molar-refractivity contribution in [1.29, 1.82) is 0 Å². The summed E-state index contributed by atoms with van der Waals surface area (Å²) in [5, 5.41) is 27.3. The van der Waals surface area contributed by atoms with Gasteiger partial charge in [-0.15, -0.1) is 5.10 Å². The number of nitrogens with zero attached hydrogens (tertiary/aromatic N) is 4. The third-order valence-corrected chi connectivity index (χ3v) is 8.52. The summed E-state index contributed by atoms with van der Waals surface area (Å²) in [6, 6.07) is 9.56. The van der Waals surface area contributed by atoms with Gasteiger partial charge < -0.3 is 19.1 Å². The molecular weight excluding hydrogens is 560 g/mol. The smallest absolute Gasteiger partial charge is 0.388 e. The number of halogens is 1. The van der Waals surface area contributed by atoms with Crippen LogP contribution in [0, 0.1) is 13.8 Å². The van der Waals surface area contributed by atoms with E-state index in [0.29, 0.717) is 18.5 Å². The standard InChI is InChI=1S/C27H33ClN4O7S/c1-4-38-25(34)14-22(21-9-10-24-26(18(21)3)29-30-32(24)11-5-6-12-33)19-8-7-17(2)20(13-19)15-31-16-23(28)27(35)39-40(31,36)37/h7-10,13,22,33,35H,4-6,11-12,14-16H2,1-3H3. The number of hydrogen-bond acceptors (Lipinski definition) is 9. The Bertz CT molecular complexity index is 1540. The third-order valence-electron chi connectivity index (χ3n) is 6.98. The fourth-order valence-electron chi connectivity index (χ4n) is 4.80. The van der Waals surface area contributed by atoms with E-state index in [4.69, 9.17) is 21.4 Å². The highest BCUT2D eigenvalue weighted by Crippen LogP contribution is 2.35. The first-order valence-electron chi connectivity index (χ1n) is 13.0. The van der Waals surface area contributed by atoms with Crippen molar-refractivity contribution in [2.45, 2.75) is 59.0 Å². The summed E-state index contributed by atoms with van der Waals surface area (Å²) in [6.45, 7) is 6.28. The molecule has 13 heteroatoms. The minimum atomic E-state index is -4.23. The quantitative estimate of drug-likeness (QED) is 0.250. The number of aliphatic hydroxyl groups is 2. The number of hydrogen-bond donors (Lipinski definition) is 2. The van der Waals surface area contributed by atoms with Gasteiger partial charge in [-0.1, -0.05) is 41.1 Å². The molecule has 0 spiro atoms. The lowest BCUT2D eigenvalue weighted by Crippen LogP contribution is -2.37. The highest BCUT2D eigenvalue weighted by Gasteiger charge is 2.33. The maximum atomic E-state index is 12.7. The minimum absolute atomic E-state index is 0.0438. The molecule has 2 N–H and O–H groups in total. The van der Waals surface area contributed by atoms with Gasteiger partial charge in [-0.3, -0.25) is 4.79 Å². The zero-order valence-corrected chi connectivity index (χ0v) is 24.2. The van der Waals surface area contributed by atoms with Crippen molar-refractivity contribution in [1.82, 2.24) is 19.3 Å². The zero-order valence-electron chi connectivity index (χ0n) is 22.6. The van der Waals surface area contributed by atoms with E-state index in [0.717, 1.165) is 44.0 Å². The molecule has 3 aromatic rings. The van der Waals surface area contributed by atoms with Gasteiger partial charge in [-0.05, 0) is 67.5 Å². The van der Waals surface area contributed by atoms with E-state index < -0.39 is 22.2 Å². The van der Waals surface area contributed by atoms with Gasteiger partial charge in [0.25, 0.3) is 0 Å². The Morgan fingerprint density at radius 1 is 1.23 bits per heavy atom. The second-order valence-electron chi connectivity index (χ2n) is 9.66. The number of aryl methyl sites for hydroxylation is 3. The van der Waals surface area contributed by atoms with Crippen LogP contribution in [0.1, 0.15) is 59.9 Å². The molecule has 2 heterocycles. The van der Waals surface area contributed by atoms with Crippen molar-refractivity contribution in [3.63, 3.8) is 0 Å². The average molecular weight is 593 g/mol. The van der Waals surface area contributed by atoms with E-state index in [9.17, 15) is 18.3 Å². The number of benzene rings is 2. The van der Waals surface area contributed by atoms with Crippen molar-refractivity contribution >= 4 is 38.9 Å². The Hall–Kier alpha value is -3.19. The predicted molar refractivity (Wildman–Crippen MR) is 149 cm³/mol. The van der Waals surface area contributed by atoms with E-state index >= 15 is 0 Å². The van der Waals surface area contributed by atoms with Crippen LogP contribution in [0.5, 0.6) is 0 Å². The molecule has 4 rings (SSSR count). The normalized spacial score (nSPS) is 16.2. The number of esters is 1. The van der Waals surface area contributed by atoms with E-state index in [2.05, 4.69) is 14.5 Å². The second-order valence-corrected chi connectivity index (χ2v) is 11.7. The van der Waals surface area contributed by atoms with Crippen molar-refractivity contribution in [2.24, 2.45) is 0 Å². The Kier molecular flexibility index (Phi) is 9.34. The van der Waals surface area contributed by atoms with Crippen molar-refractivity contribution in [2.75, 3.05) is 19.8 Å². The third kappa shape index (κ3) is 6.41. The van der Waals surface area contributed by atoms with Crippen LogP contribution in [0.2, 0.25) is 0 Å². The van der Waals surface area contributed by atoms with Crippen LogP contribution < -0.4 is 0 Å². The molecule has 1 aliphatic rings. The molecule has 0 amide bonds. The fraction of sp³-hybridized carbons (Fsp3) is 0.444. The van der Waals surface area contributed by atoms with E-state index in [1.54, 1.807) is 6.92 Å². The molecule has 1 atom stereocenters. The molecule has 1 aliphatic heterocycles. The number of unbranched alkanes of at least 4 members (excludes halogenated alkanes) is 1. The van der Waals surface area contributed by atoms with Crippen LogP contribution in [0.25, 0.3) is 11.0 Å². The molecule has 0 radical (unpaired) electrons. The molecule has 0 saturated heterocycles. The summed E-state index contributed by atoms with van der Waals surface area (Å²) in [6.07, 6.45) is 1.51. The summed E-state index contributed by atoms with van der Waals surface area (Å²) >= 11 is 5.97. The zero-order chi connectivity index (χ0) is 29.0. The van der Waals surface area contributed by atoms with Crippen molar-refractivity contribution in [3.05, 3.63) is 69.1 Å². The van der Waals surface area contributed by atoms with Crippen LogP contribution in [-0.2, 0) is 37.1 Å². The van der Waals surface area contributed by atoms with Crippen LogP contribution in [0.4, 0.5) is 0 Å². The molecule has 0 saturated carbocycles. The number of ether oxygens (including phenoxy) is 1. The van der Waals surface area contributed by atoms with Gasteiger partial charge in [0.1, 0.15) is 10.5 Å². The van der Waals surface area contributed by atoms with Gasteiger partial charge in [0.2, 0.25) is 0 Å². The minimum Gasteiger partial charge on any atom is -0.479 e. The van der Waals surface area contributed by atoms with Gasteiger partial charge >= 0.3 is 22.2 Å². The van der Waals surface area contributed by atoms with Crippen LogP contribution in [0.15, 0.2) is 41.3 Å². The number of rotatable bonds is 11. The molecule has 40 heavy (non-hydrogen) atoms. The molecule has 1 aromatic heterocycles. The lowest BCUT2D eigenvalue weighted by Gasteiger charge is -2.26. The number of carbonyl (C=O) groups is 1. The van der Waals surface area contributed by atoms with E-state index in [1.165, 1.54) is 0 Å². The van der Waals surface area contributed by atoms with E-state index in [1.807, 2.05) is 48.9 Å². The van der Waals surface area contributed by atoms with E-state index in [-0.39, 0.29) is 43.7 Å². The Morgan fingerprint density at radius 2 is 2.00 bits per heavy atom. The second kappa shape index (κ2) is 12.5. The monoisotopic (exact) mass is 592 g/mol. The maximum Gasteiger partial charge on any atom is 0.388 e. The average Bonchev–Trinajstić information content (AvgIpc) is 3.31. The topological polar surface area (TPSA) is 144 Å². The Morgan fingerprint density at radius 3 is 2.73 bits per heavy atom. The van der Waals surface area contributed by atoms with Crippen LogP contribution in [0.3, 0.4) is 0 Å². The van der Waals surface area contributed by atoms with Crippen LogP contribution in [-0.4, -0.2) is 63.7 Å². The maximum absolute atomic E-state index is 12.7. The fourth-order valence-corrected chi connectivity index (χ4v) is 6.08. The summed E-state index contributed by atoms with van der Waals surface area (Å²) in [5.41, 5.74) is 5.66. The van der Waals surface area contributed by atoms with Crippen molar-refractivity contribution in [3.8, 4) is 0 Å². The molecule has 11 nitrogen and oxygen atoms in total. The highest BCUT2D eigenvalue weighted by atomic mass is 35.5. The molecule has 2 aromatic carbocycles. The Labute approximate surface area is 238 Å². The summed E-state index contributed by atoms with van der Waals surface area (Å²) in [5.74, 6) is -1.58. The lowest BCUT2D eigenvalue weighted by atomic mass is 9.84. The lowest BCUT2D eigenvalue weighted by molar-refractivity contribution is -0.143. The predicted octanol–water partition coefficient (Wildman–Crippen LogP) is 3.95. The highest BCUT2D eigenvalue weighted by molar-refractivity contribution is 7.84. The summed E-state index contributed by atoms with van der Waals surface area (Å²) in [7, 11) is -4.23. The first kappa shape index (κ1) is 29.8. The Balaban J connectivity index is 1.73. The van der Waals surface area contributed by atoms with Gasteiger partial charge in [-0.2, -0.15) is 12.7 Å². The van der Waals surface area contributed by atoms with Gasteiger partial charge in [-0.25, -0.2) is 4.68 Å². The SMILES string of the molecule is CCOC(=O)CC(c1ccc(C)c(CN2CC(Cl)=C(O)OS2(=O)=O)c1)c1ccc2c(nnn2CCCCO)c1C. The molecular formula is C27H33ClN4O7S. The molecule has 1 unspecified atom stereocenters. The number of aromatic nitrogens is 3. The number of aliphatic hydroxyl groups excluding tert-OH is 2. The number of carbonyl (C=O) groups excluding carboxylic acids is 1. The summed E-state index contributed by atoms with van der Waals surface area (Å²) < 4.78 is 37.8. The molecule has 0 bridgehead atoms. The first-order chi connectivity index (χ1) is 19.1. The van der Waals surface area contributed by atoms with Crippen molar-refractivity contribution < 1.29 is 32.3 Å². The first-order valence-corrected chi connectivity index (χ1v) is 14.8. The molecule has 0 fully saturated rings. The van der Waals surface area contributed by atoms with Crippen LogP contribution >= 0.6 is 11.6 Å². The molecule has 216 valence electrons. The number of fused-ring (bicyclic) bond motifs is 1. The molecule has 0 aliphatic carbocycles. The van der Waals surface area contributed by atoms with Gasteiger partial charge in [0.05, 0.1) is 25.1 Å². The van der Waals surface area contributed by atoms with Gasteiger partial charge in [0, 0.05) is 25.6 Å².